The van der Waals surface area contributed by atoms with Crippen LogP contribution in [-0.2, 0) is 0 Å². The Morgan fingerprint density at radius 1 is 0.810 bits per heavy atom. The van der Waals surface area contributed by atoms with Crippen molar-refractivity contribution >= 4 is 33.2 Å². The van der Waals surface area contributed by atoms with Gasteiger partial charge in [-0.1, -0.05) is 97.1 Å². The predicted molar refractivity (Wildman–Crippen MR) is 170 cm³/mol. The molecular formula is C38H33N3O. The topological polar surface area (TPSA) is 31.7 Å². The first-order chi connectivity index (χ1) is 20.8. The van der Waals surface area contributed by atoms with Gasteiger partial charge in [0.25, 0.3) is 0 Å². The first kappa shape index (κ1) is 23.2. The molecule has 2 fully saturated rings. The molecule has 4 aliphatic carbocycles. The lowest BCUT2D eigenvalue weighted by Crippen LogP contribution is -2.56. The maximum Gasteiger partial charge on any atom is 0.179 e. The van der Waals surface area contributed by atoms with Crippen LogP contribution in [-0.4, -0.2) is 23.3 Å². The van der Waals surface area contributed by atoms with Gasteiger partial charge in [0, 0.05) is 34.0 Å². The van der Waals surface area contributed by atoms with E-state index in [1.54, 1.807) is 0 Å². The van der Waals surface area contributed by atoms with Crippen molar-refractivity contribution in [3.8, 4) is 0 Å². The summed E-state index contributed by atoms with van der Waals surface area (Å²) in [7, 11) is 0. The van der Waals surface area contributed by atoms with Crippen LogP contribution in [0.1, 0.15) is 42.7 Å². The third-order valence-corrected chi connectivity index (χ3v) is 10.5. The molecule has 6 atom stereocenters. The van der Waals surface area contributed by atoms with E-state index < -0.39 is 0 Å². The summed E-state index contributed by atoms with van der Waals surface area (Å²) in [6.07, 6.45) is 21.5. The molecule has 206 valence electrons. The van der Waals surface area contributed by atoms with E-state index >= 15 is 0 Å². The summed E-state index contributed by atoms with van der Waals surface area (Å²) in [5, 5.41) is 6.46. The predicted octanol–water partition coefficient (Wildman–Crippen LogP) is 8.23. The van der Waals surface area contributed by atoms with E-state index in [0.717, 1.165) is 36.3 Å². The summed E-state index contributed by atoms with van der Waals surface area (Å²) < 4.78 is 6.43. The van der Waals surface area contributed by atoms with E-state index in [0.29, 0.717) is 23.9 Å². The van der Waals surface area contributed by atoms with Gasteiger partial charge in [0.15, 0.2) is 6.29 Å². The molecular weight excluding hydrogens is 514 g/mol. The Labute approximate surface area is 246 Å². The Kier molecular flexibility index (Phi) is 4.71. The molecule has 42 heavy (non-hydrogen) atoms. The average Bonchev–Trinajstić information content (AvgIpc) is 3.59. The summed E-state index contributed by atoms with van der Waals surface area (Å²) in [4.78, 5) is 5.44. The number of fused-ring (bicyclic) bond motifs is 11. The van der Waals surface area contributed by atoms with Crippen LogP contribution >= 0.6 is 0 Å². The fraction of sp³-hybridized carbons (Fsp3) is 0.263. The molecule has 2 aliphatic heterocycles. The van der Waals surface area contributed by atoms with Gasteiger partial charge in [-0.2, -0.15) is 0 Å². The number of hydrogen-bond acceptors (Lipinski definition) is 4. The zero-order valence-electron chi connectivity index (χ0n) is 23.5. The van der Waals surface area contributed by atoms with Crippen LogP contribution in [0.2, 0.25) is 0 Å². The molecule has 1 saturated carbocycles. The highest BCUT2D eigenvalue weighted by atomic mass is 16.3. The summed E-state index contributed by atoms with van der Waals surface area (Å²) >= 11 is 0. The van der Waals surface area contributed by atoms with E-state index in [2.05, 4.69) is 124 Å². The van der Waals surface area contributed by atoms with E-state index in [-0.39, 0.29) is 6.29 Å². The van der Waals surface area contributed by atoms with Crippen LogP contribution in [0.3, 0.4) is 0 Å². The van der Waals surface area contributed by atoms with Crippen molar-refractivity contribution in [1.29, 1.82) is 0 Å². The normalized spacial score (nSPS) is 30.3. The second-order valence-corrected chi connectivity index (χ2v) is 12.8. The lowest BCUT2D eigenvalue weighted by Gasteiger charge is -2.43. The Morgan fingerprint density at radius 2 is 1.67 bits per heavy atom. The van der Waals surface area contributed by atoms with Gasteiger partial charge in [-0.25, -0.2) is 0 Å². The Hall–Kier alpha value is -4.44. The molecule has 6 aliphatic rings. The molecule has 4 heteroatoms. The number of anilines is 1. The van der Waals surface area contributed by atoms with Gasteiger partial charge in [0.2, 0.25) is 0 Å². The van der Waals surface area contributed by atoms with Gasteiger partial charge in [-0.15, -0.1) is 0 Å². The molecule has 0 bridgehead atoms. The summed E-state index contributed by atoms with van der Waals surface area (Å²) in [6.45, 7) is 0. The second-order valence-electron chi connectivity index (χ2n) is 12.8. The van der Waals surface area contributed by atoms with Gasteiger partial charge < -0.3 is 19.5 Å². The average molecular weight is 548 g/mol. The third-order valence-electron chi connectivity index (χ3n) is 10.5. The number of allylic oxidation sites excluding steroid dienone is 5. The van der Waals surface area contributed by atoms with Gasteiger partial charge in [0.05, 0.1) is 17.4 Å². The molecule has 1 saturated heterocycles. The summed E-state index contributed by atoms with van der Waals surface area (Å²) in [5.41, 5.74) is 10.2. The Bertz CT molecular complexity index is 1940. The van der Waals surface area contributed by atoms with Crippen molar-refractivity contribution in [3.05, 3.63) is 132 Å². The fourth-order valence-electron chi connectivity index (χ4n) is 8.42. The smallest absolute Gasteiger partial charge is 0.179 e. The highest BCUT2D eigenvalue weighted by molar-refractivity contribution is 6.08. The van der Waals surface area contributed by atoms with Crippen LogP contribution in [0.15, 0.2) is 125 Å². The second kappa shape index (κ2) is 8.54. The zero-order valence-corrected chi connectivity index (χ0v) is 23.5. The molecule has 0 spiro atoms. The first-order valence-electron chi connectivity index (χ1n) is 15.6. The van der Waals surface area contributed by atoms with Crippen molar-refractivity contribution in [2.24, 2.45) is 11.8 Å². The Balaban J connectivity index is 1.07. The van der Waals surface area contributed by atoms with Crippen LogP contribution in [0.5, 0.6) is 0 Å². The zero-order chi connectivity index (χ0) is 27.4. The molecule has 0 radical (unpaired) electrons. The minimum Gasteiger partial charge on any atom is -0.455 e. The monoisotopic (exact) mass is 547 g/mol. The maximum atomic E-state index is 6.43. The summed E-state index contributed by atoms with van der Waals surface area (Å²) in [6, 6.07) is 24.9. The summed E-state index contributed by atoms with van der Waals surface area (Å²) in [5.74, 6) is 1.77. The number of nitrogens with zero attached hydrogens (tertiary/aromatic N) is 2. The van der Waals surface area contributed by atoms with Crippen molar-refractivity contribution in [2.45, 2.75) is 50.0 Å². The highest BCUT2D eigenvalue weighted by Gasteiger charge is 2.50. The highest BCUT2D eigenvalue weighted by Crippen LogP contribution is 2.52. The molecule has 4 nitrogen and oxygen atoms in total. The molecule has 6 unspecified atom stereocenters. The molecule has 3 aromatic carbocycles. The standard InChI is InChI=1S/C38H33N3O/c1-4-13-33-28(8-1)29-9-2-5-14-34(29)41-35-22-25-20-24(25)21-32(35)39-38(41)40(33)26-18-16-23(17-19-26)27-11-7-12-31-30-10-3-6-15-36(30)42-37(27)31/h1-16,21-22,24-26,29,34,38-39H,17-20H2. The number of benzene rings is 3. The van der Waals surface area contributed by atoms with Crippen molar-refractivity contribution in [3.63, 3.8) is 0 Å². The van der Waals surface area contributed by atoms with Crippen molar-refractivity contribution < 1.29 is 4.42 Å². The molecule has 1 N–H and O–H groups in total. The number of rotatable bonds is 2. The third kappa shape index (κ3) is 3.24. The van der Waals surface area contributed by atoms with Crippen LogP contribution in [0.25, 0.3) is 27.5 Å². The van der Waals surface area contributed by atoms with Crippen molar-refractivity contribution in [1.82, 2.24) is 10.2 Å². The first-order valence-corrected chi connectivity index (χ1v) is 15.6. The number of nitrogens with one attached hydrogen (secondary N) is 1. The molecule has 1 aromatic heterocycles. The van der Waals surface area contributed by atoms with Gasteiger partial charge in [-0.05, 0) is 60.8 Å². The number of hydrogen-bond donors (Lipinski definition) is 1. The minimum absolute atomic E-state index is 0.103. The number of furan rings is 1. The van der Waals surface area contributed by atoms with E-state index in [1.165, 1.54) is 51.0 Å². The fourth-order valence-corrected chi connectivity index (χ4v) is 8.42. The molecule has 10 rings (SSSR count). The van der Waals surface area contributed by atoms with E-state index in [9.17, 15) is 0 Å². The van der Waals surface area contributed by atoms with Gasteiger partial charge >= 0.3 is 0 Å². The number of para-hydroxylation sites is 3. The quantitative estimate of drug-likeness (QED) is 0.274. The van der Waals surface area contributed by atoms with Crippen LogP contribution in [0, 0.1) is 11.8 Å². The van der Waals surface area contributed by atoms with Gasteiger partial charge in [-0.3, -0.25) is 0 Å². The lowest BCUT2D eigenvalue weighted by molar-refractivity contribution is 0.209. The maximum absolute atomic E-state index is 6.43. The van der Waals surface area contributed by atoms with E-state index in [1.807, 2.05) is 0 Å². The SMILES string of the molecule is C1=CC2c3ccccc3N(C3CC=C(c4cccc5c4oc4ccccc45)CC3)C3NC4=CC5CC5C=C4N3C2C=C1. The largest absolute Gasteiger partial charge is 0.455 e. The van der Waals surface area contributed by atoms with E-state index in [4.69, 9.17) is 4.42 Å². The van der Waals surface area contributed by atoms with Crippen molar-refractivity contribution in [2.75, 3.05) is 4.90 Å². The minimum atomic E-state index is 0.103. The van der Waals surface area contributed by atoms with Gasteiger partial charge in [0.1, 0.15) is 11.2 Å². The molecule has 3 heterocycles. The Morgan fingerprint density at radius 3 is 2.62 bits per heavy atom. The van der Waals surface area contributed by atoms with Crippen LogP contribution in [0.4, 0.5) is 5.69 Å². The lowest BCUT2D eigenvalue weighted by atomic mass is 9.85. The van der Waals surface area contributed by atoms with Crippen LogP contribution < -0.4 is 10.2 Å². The molecule has 0 amide bonds. The molecule has 4 aromatic rings.